The van der Waals surface area contributed by atoms with E-state index in [9.17, 15) is 9.59 Å². The maximum absolute atomic E-state index is 11.4. The van der Waals surface area contributed by atoms with Crippen LogP contribution in [0.2, 0.25) is 0 Å². The molecular weight excluding hydrogens is 270 g/mol. The lowest BCUT2D eigenvalue weighted by atomic mass is 10.2. The largest absolute Gasteiger partial charge is 0.459 e. The third-order valence-electron chi connectivity index (χ3n) is 2.19. The van der Waals surface area contributed by atoms with Crippen LogP contribution in [0.5, 0.6) is 0 Å². The minimum Gasteiger partial charge on any atom is -0.459 e. The Hall–Kier alpha value is -1.75. The van der Waals surface area contributed by atoms with Gasteiger partial charge in [-0.3, -0.25) is 4.79 Å². The van der Waals surface area contributed by atoms with Crippen molar-refractivity contribution >= 4 is 23.7 Å². The normalized spacial score (nSPS) is 11.5. The van der Waals surface area contributed by atoms with Crippen LogP contribution in [-0.2, 0) is 20.9 Å². The Labute approximate surface area is 116 Å². The summed E-state index contributed by atoms with van der Waals surface area (Å²) in [6.07, 6.45) is -1.13. The number of alkyl carbamates (subject to hydrolysis) is 1. The fraction of sp³-hybridized carbons (Fsp3) is 0.385. The summed E-state index contributed by atoms with van der Waals surface area (Å²) in [5.41, 5.74) is 0.895. The van der Waals surface area contributed by atoms with E-state index in [1.165, 1.54) is 6.92 Å². The van der Waals surface area contributed by atoms with E-state index in [1.807, 2.05) is 30.3 Å². The smallest absolute Gasteiger partial charge is 0.407 e. The molecule has 1 N–H and O–H groups in total. The molecule has 1 aromatic rings. The van der Waals surface area contributed by atoms with Crippen molar-refractivity contribution in [3.05, 3.63) is 35.9 Å². The molecule has 0 aliphatic carbocycles. The van der Waals surface area contributed by atoms with Crippen molar-refractivity contribution in [2.45, 2.75) is 19.6 Å². The minimum atomic E-state index is -0.578. The monoisotopic (exact) mass is 285 g/mol. The van der Waals surface area contributed by atoms with Crippen LogP contribution in [0.3, 0.4) is 0 Å². The van der Waals surface area contributed by atoms with Crippen LogP contribution < -0.4 is 5.32 Å². The number of esters is 1. The Balaban J connectivity index is 2.25. The Morgan fingerprint density at radius 1 is 1.32 bits per heavy atom. The molecule has 104 valence electrons. The van der Waals surface area contributed by atoms with Gasteiger partial charge in [0, 0.05) is 6.92 Å². The number of halogens is 1. The Bertz CT molecular complexity index is 410. The lowest BCUT2D eigenvalue weighted by Gasteiger charge is -2.14. The molecule has 0 spiro atoms. The van der Waals surface area contributed by atoms with Gasteiger partial charge in [0.05, 0.1) is 12.4 Å². The molecule has 1 rings (SSSR count). The Morgan fingerprint density at radius 2 is 2.00 bits per heavy atom. The number of hydrogen-bond donors (Lipinski definition) is 1. The van der Waals surface area contributed by atoms with Gasteiger partial charge < -0.3 is 14.8 Å². The van der Waals surface area contributed by atoms with Crippen LogP contribution in [-0.4, -0.2) is 30.6 Å². The van der Waals surface area contributed by atoms with Crippen LogP contribution in [0.25, 0.3) is 0 Å². The first kappa shape index (κ1) is 15.3. The van der Waals surface area contributed by atoms with E-state index in [-0.39, 0.29) is 19.0 Å². The number of hydrogen-bond acceptors (Lipinski definition) is 4. The maximum Gasteiger partial charge on any atom is 0.407 e. The average Bonchev–Trinajstić information content (AvgIpc) is 2.42. The molecule has 0 aliphatic rings. The summed E-state index contributed by atoms with van der Waals surface area (Å²) in [5.74, 6) is -0.330. The van der Waals surface area contributed by atoms with Gasteiger partial charge in [-0.25, -0.2) is 4.79 Å². The second-order valence-electron chi connectivity index (χ2n) is 3.83. The Morgan fingerprint density at radius 3 is 2.58 bits per heavy atom. The molecule has 0 heterocycles. The van der Waals surface area contributed by atoms with Crippen molar-refractivity contribution in [1.29, 1.82) is 0 Å². The first-order valence-electron chi connectivity index (χ1n) is 5.79. The van der Waals surface area contributed by atoms with Crippen molar-refractivity contribution in [3.8, 4) is 0 Å². The first-order valence-corrected chi connectivity index (χ1v) is 6.33. The molecule has 1 atom stereocenters. The van der Waals surface area contributed by atoms with E-state index in [0.29, 0.717) is 0 Å². The van der Waals surface area contributed by atoms with E-state index in [2.05, 4.69) is 5.32 Å². The van der Waals surface area contributed by atoms with Crippen molar-refractivity contribution in [1.82, 2.24) is 5.32 Å². The summed E-state index contributed by atoms with van der Waals surface area (Å²) < 4.78 is 9.87. The number of rotatable bonds is 6. The highest BCUT2D eigenvalue weighted by Crippen LogP contribution is 2.01. The molecule has 5 nitrogen and oxygen atoms in total. The molecule has 1 aromatic carbocycles. The predicted octanol–water partition coefficient (Wildman–Crippen LogP) is 2.08. The van der Waals surface area contributed by atoms with Crippen molar-refractivity contribution < 1.29 is 19.1 Å². The second-order valence-corrected chi connectivity index (χ2v) is 4.14. The standard InChI is InChI=1S/C13H16ClNO4/c1-10(16)19-12(7-14)8-15-13(17)18-9-11-5-3-2-4-6-11/h2-6,12H,7-9H2,1H3,(H,15,17)/t12-/m1/s1. The summed E-state index contributed by atoms with van der Waals surface area (Å²) >= 11 is 5.60. The van der Waals surface area contributed by atoms with E-state index in [0.717, 1.165) is 5.56 Å². The molecule has 0 fully saturated rings. The molecule has 0 radical (unpaired) electrons. The lowest BCUT2D eigenvalue weighted by Crippen LogP contribution is -2.35. The third kappa shape index (κ3) is 6.67. The SMILES string of the molecule is CC(=O)O[C@H](CCl)CNC(=O)OCc1ccccc1. The van der Waals surface area contributed by atoms with Crippen LogP contribution in [0.15, 0.2) is 30.3 Å². The van der Waals surface area contributed by atoms with Gasteiger partial charge in [0.1, 0.15) is 12.7 Å². The number of amides is 1. The number of nitrogens with one attached hydrogen (secondary N) is 1. The molecule has 0 saturated heterocycles. The molecule has 6 heteroatoms. The molecule has 19 heavy (non-hydrogen) atoms. The number of carbonyl (C=O) groups is 2. The van der Waals surface area contributed by atoms with Crippen molar-refractivity contribution in [2.75, 3.05) is 12.4 Å². The lowest BCUT2D eigenvalue weighted by molar-refractivity contribution is -0.145. The number of benzene rings is 1. The predicted molar refractivity (Wildman–Crippen MR) is 70.9 cm³/mol. The number of alkyl halides is 1. The van der Waals surface area contributed by atoms with Gasteiger partial charge in [0.15, 0.2) is 0 Å². The zero-order valence-corrected chi connectivity index (χ0v) is 11.4. The van der Waals surface area contributed by atoms with E-state index in [4.69, 9.17) is 21.1 Å². The zero-order valence-electron chi connectivity index (χ0n) is 10.6. The molecule has 0 unspecified atom stereocenters. The summed E-state index contributed by atoms with van der Waals surface area (Å²) in [5, 5.41) is 2.49. The highest BCUT2D eigenvalue weighted by atomic mass is 35.5. The van der Waals surface area contributed by atoms with Crippen molar-refractivity contribution in [3.63, 3.8) is 0 Å². The second kappa shape index (κ2) is 8.37. The quantitative estimate of drug-likeness (QED) is 0.642. The highest BCUT2D eigenvalue weighted by Gasteiger charge is 2.12. The van der Waals surface area contributed by atoms with Gasteiger partial charge in [-0.1, -0.05) is 30.3 Å². The van der Waals surface area contributed by atoms with Crippen molar-refractivity contribution in [2.24, 2.45) is 0 Å². The summed E-state index contributed by atoms with van der Waals surface area (Å²) in [7, 11) is 0. The van der Waals surface area contributed by atoms with Crippen LogP contribution in [0.4, 0.5) is 4.79 Å². The zero-order chi connectivity index (χ0) is 14.1. The number of carbonyl (C=O) groups excluding carboxylic acids is 2. The molecule has 0 bridgehead atoms. The highest BCUT2D eigenvalue weighted by molar-refractivity contribution is 6.18. The van der Waals surface area contributed by atoms with Crippen LogP contribution in [0, 0.1) is 0 Å². The van der Waals surface area contributed by atoms with Gasteiger partial charge in [-0.05, 0) is 5.56 Å². The van der Waals surface area contributed by atoms with Gasteiger partial charge >= 0.3 is 12.1 Å². The van der Waals surface area contributed by atoms with E-state index >= 15 is 0 Å². The molecule has 0 aliphatic heterocycles. The third-order valence-corrected chi connectivity index (χ3v) is 2.54. The van der Waals surface area contributed by atoms with Gasteiger partial charge in [-0.15, -0.1) is 11.6 Å². The summed E-state index contributed by atoms with van der Waals surface area (Å²) in [6.45, 7) is 1.59. The van der Waals surface area contributed by atoms with Crippen LogP contribution >= 0.6 is 11.6 Å². The Kier molecular flexibility index (Phi) is 6.74. The summed E-state index contributed by atoms with van der Waals surface area (Å²) in [6, 6.07) is 9.32. The molecule has 0 aromatic heterocycles. The fourth-order valence-corrected chi connectivity index (χ4v) is 1.51. The van der Waals surface area contributed by atoms with Gasteiger partial charge in [0.25, 0.3) is 0 Å². The van der Waals surface area contributed by atoms with Gasteiger partial charge in [0.2, 0.25) is 0 Å². The fourth-order valence-electron chi connectivity index (χ4n) is 1.33. The number of ether oxygens (including phenoxy) is 2. The first-order chi connectivity index (χ1) is 9.11. The van der Waals surface area contributed by atoms with E-state index < -0.39 is 18.2 Å². The molecule has 0 saturated carbocycles. The average molecular weight is 286 g/mol. The minimum absolute atomic E-state index is 0.110. The van der Waals surface area contributed by atoms with Gasteiger partial charge in [-0.2, -0.15) is 0 Å². The maximum atomic E-state index is 11.4. The molecule has 1 amide bonds. The molecular formula is C13H16ClNO4. The van der Waals surface area contributed by atoms with E-state index in [1.54, 1.807) is 0 Å². The van der Waals surface area contributed by atoms with Crippen LogP contribution in [0.1, 0.15) is 12.5 Å². The summed E-state index contributed by atoms with van der Waals surface area (Å²) in [4.78, 5) is 22.1. The topological polar surface area (TPSA) is 64.6 Å².